The first kappa shape index (κ1) is 23.1. The Kier molecular flexibility index (Phi) is 7.72. The van der Waals surface area contributed by atoms with Crippen LogP contribution in [0.2, 0.25) is 5.02 Å². The van der Waals surface area contributed by atoms with Crippen molar-refractivity contribution in [1.82, 2.24) is 20.0 Å². The van der Waals surface area contributed by atoms with Gasteiger partial charge in [-0.1, -0.05) is 41.9 Å². The fourth-order valence-electron chi connectivity index (χ4n) is 3.00. The fraction of sp³-hybridized carbons (Fsp3) is 0.261. The topological polar surface area (TPSA) is 102 Å². The molecule has 0 saturated carbocycles. The summed E-state index contributed by atoms with van der Waals surface area (Å²) in [4.78, 5) is 25.5. The zero-order chi connectivity index (χ0) is 23.1. The van der Waals surface area contributed by atoms with Crippen LogP contribution in [0.1, 0.15) is 28.4 Å². The third-order valence-corrected chi connectivity index (χ3v) is 5.05. The first-order valence-electron chi connectivity index (χ1n) is 10.1. The average molecular weight is 456 g/mol. The molecule has 32 heavy (non-hydrogen) atoms. The summed E-state index contributed by atoms with van der Waals surface area (Å²) in [6, 6.07) is 14.9. The van der Waals surface area contributed by atoms with Gasteiger partial charge in [0.15, 0.2) is 5.82 Å². The maximum absolute atomic E-state index is 12.4. The maximum Gasteiger partial charge on any atom is 0.256 e. The lowest BCUT2D eigenvalue weighted by molar-refractivity contribution is -0.128. The van der Waals surface area contributed by atoms with Gasteiger partial charge >= 0.3 is 0 Å². The highest BCUT2D eigenvalue weighted by Gasteiger charge is 2.14. The minimum atomic E-state index is -0.314. The summed E-state index contributed by atoms with van der Waals surface area (Å²) >= 11 is 5.92. The van der Waals surface area contributed by atoms with Crippen LogP contribution in [0.4, 0.5) is 5.82 Å². The standard InChI is InChI=1S/C23H26ClN5O3/c1-16(30)28(2)13-17-6-8-18(9-7-17)14-29-15-21(22(25)27-29)23(31)26-10-11-32-20-5-3-4-19(24)12-20/h3-9,12,15H,10-11,13-14H2,1-2H3,(H2,25,27)(H,26,31). The van der Waals surface area contributed by atoms with E-state index in [-0.39, 0.29) is 17.6 Å². The van der Waals surface area contributed by atoms with Gasteiger partial charge in [-0.05, 0) is 29.3 Å². The Hall–Kier alpha value is -3.52. The normalized spacial score (nSPS) is 10.6. The molecule has 9 heteroatoms. The molecule has 8 nitrogen and oxygen atoms in total. The SMILES string of the molecule is CC(=O)N(C)Cc1ccc(Cn2cc(C(=O)NCCOc3cccc(Cl)c3)c(N)n2)cc1. The summed E-state index contributed by atoms with van der Waals surface area (Å²) in [5.74, 6) is 0.505. The quantitative estimate of drug-likeness (QED) is 0.483. The number of aromatic nitrogens is 2. The molecule has 0 unspecified atom stereocenters. The van der Waals surface area contributed by atoms with Gasteiger partial charge in [-0.3, -0.25) is 14.3 Å². The molecule has 0 radical (unpaired) electrons. The smallest absolute Gasteiger partial charge is 0.256 e. The summed E-state index contributed by atoms with van der Waals surface area (Å²) in [6.07, 6.45) is 1.62. The molecule has 3 aromatic rings. The number of rotatable bonds is 9. The van der Waals surface area contributed by atoms with Gasteiger partial charge in [-0.25, -0.2) is 0 Å². The molecular formula is C23H26ClN5O3. The van der Waals surface area contributed by atoms with Crippen molar-refractivity contribution in [2.45, 2.75) is 20.0 Å². The third-order valence-electron chi connectivity index (χ3n) is 4.81. The Morgan fingerprint density at radius 1 is 1.19 bits per heavy atom. The van der Waals surface area contributed by atoms with E-state index in [4.69, 9.17) is 22.1 Å². The van der Waals surface area contributed by atoms with Gasteiger partial charge in [0, 0.05) is 31.7 Å². The van der Waals surface area contributed by atoms with Crippen LogP contribution in [0.15, 0.2) is 54.7 Å². The van der Waals surface area contributed by atoms with Crippen LogP contribution in [-0.2, 0) is 17.9 Å². The molecule has 1 heterocycles. The second-order valence-electron chi connectivity index (χ2n) is 7.38. The van der Waals surface area contributed by atoms with E-state index in [0.29, 0.717) is 42.6 Å². The molecule has 0 atom stereocenters. The number of benzene rings is 2. The zero-order valence-corrected chi connectivity index (χ0v) is 18.8. The number of halogens is 1. The summed E-state index contributed by atoms with van der Waals surface area (Å²) in [5, 5.41) is 7.60. The molecule has 2 aromatic carbocycles. The number of hydrogen-bond acceptors (Lipinski definition) is 5. The number of nitrogens with two attached hydrogens (primary N) is 1. The third kappa shape index (κ3) is 6.49. The lowest BCUT2D eigenvalue weighted by Gasteiger charge is -2.14. The maximum atomic E-state index is 12.4. The van der Waals surface area contributed by atoms with Gasteiger partial charge in [0.1, 0.15) is 17.9 Å². The van der Waals surface area contributed by atoms with E-state index in [1.54, 1.807) is 47.1 Å². The van der Waals surface area contributed by atoms with Crippen LogP contribution in [-0.4, -0.2) is 46.7 Å². The van der Waals surface area contributed by atoms with E-state index in [2.05, 4.69) is 10.4 Å². The minimum absolute atomic E-state index is 0.0166. The second kappa shape index (κ2) is 10.7. The highest BCUT2D eigenvalue weighted by Crippen LogP contribution is 2.17. The van der Waals surface area contributed by atoms with E-state index in [1.807, 2.05) is 24.3 Å². The van der Waals surface area contributed by atoms with Crippen LogP contribution in [0.25, 0.3) is 0 Å². The zero-order valence-electron chi connectivity index (χ0n) is 18.0. The minimum Gasteiger partial charge on any atom is -0.492 e. The molecule has 0 fully saturated rings. The van der Waals surface area contributed by atoms with Gasteiger partial charge in [-0.15, -0.1) is 0 Å². The van der Waals surface area contributed by atoms with Crippen molar-refractivity contribution in [3.05, 3.63) is 76.4 Å². The predicted molar refractivity (Wildman–Crippen MR) is 124 cm³/mol. The van der Waals surface area contributed by atoms with Crippen molar-refractivity contribution in [1.29, 1.82) is 0 Å². The van der Waals surface area contributed by atoms with Gasteiger partial charge in [0.25, 0.3) is 5.91 Å². The number of nitrogens with one attached hydrogen (secondary N) is 1. The number of amides is 2. The van der Waals surface area contributed by atoms with Crippen LogP contribution < -0.4 is 15.8 Å². The number of nitrogens with zero attached hydrogens (tertiary/aromatic N) is 3. The van der Waals surface area contributed by atoms with Crippen molar-refractivity contribution in [3.8, 4) is 5.75 Å². The summed E-state index contributed by atoms with van der Waals surface area (Å²) in [5.41, 5.74) is 8.29. The van der Waals surface area contributed by atoms with Gasteiger partial charge in [0.2, 0.25) is 5.91 Å². The Labute approximate surface area is 191 Å². The molecular weight excluding hydrogens is 430 g/mol. The van der Waals surface area contributed by atoms with E-state index in [0.717, 1.165) is 11.1 Å². The largest absolute Gasteiger partial charge is 0.492 e. The van der Waals surface area contributed by atoms with Gasteiger partial charge in [0.05, 0.1) is 13.1 Å². The summed E-state index contributed by atoms with van der Waals surface area (Å²) < 4.78 is 7.19. The molecule has 168 valence electrons. The lowest BCUT2D eigenvalue weighted by atomic mass is 10.1. The van der Waals surface area contributed by atoms with Gasteiger partial charge in [-0.2, -0.15) is 5.10 Å². The van der Waals surface area contributed by atoms with Crippen molar-refractivity contribution < 1.29 is 14.3 Å². The number of carbonyl (C=O) groups excluding carboxylic acids is 2. The Morgan fingerprint density at radius 3 is 2.59 bits per heavy atom. The highest BCUT2D eigenvalue weighted by atomic mass is 35.5. The van der Waals surface area contributed by atoms with E-state index < -0.39 is 0 Å². The van der Waals surface area contributed by atoms with E-state index >= 15 is 0 Å². The molecule has 2 amide bonds. The van der Waals surface area contributed by atoms with Crippen molar-refractivity contribution >= 4 is 29.2 Å². The molecule has 3 rings (SSSR count). The molecule has 0 bridgehead atoms. The molecule has 0 aliphatic heterocycles. The molecule has 3 N–H and O–H groups in total. The van der Waals surface area contributed by atoms with Crippen molar-refractivity contribution in [3.63, 3.8) is 0 Å². The van der Waals surface area contributed by atoms with E-state index in [1.165, 1.54) is 6.92 Å². The Morgan fingerprint density at radius 2 is 1.91 bits per heavy atom. The summed E-state index contributed by atoms with van der Waals surface area (Å²) in [6.45, 7) is 3.17. The molecule has 0 aliphatic rings. The molecule has 0 aliphatic carbocycles. The van der Waals surface area contributed by atoms with Crippen LogP contribution in [0.5, 0.6) is 5.75 Å². The fourth-order valence-corrected chi connectivity index (χ4v) is 3.18. The number of carbonyl (C=O) groups is 2. The lowest BCUT2D eigenvalue weighted by Crippen LogP contribution is -2.28. The molecule has 1 aromatic heterocycles. The first-order valence-corrected chi connectivity index (χ1v) is 10.5. The second-order valence-corrected chi connectivity index (χ2v) is 7.82. The first-order chi connectivity index (χ1) is 15.3. The van der Waals surface area contributed by atoms with Crippen LogP contribution in [0.3, 0.4) is 0 Å². The van der Waals surface area contributed by atoms with Gasteiger partial charge < -0.3 is 20.7 Å². The van der Waals surface area contributed by atoms with Crippen molar-refractivity contribution in [2.75, 3.05) is 25.9 Å². The number of nitrogen functional groups attached to an aromatic ring is 1. The highest BCUT2D eigenvalue weighted by molar-refractivity contribution is 6.30. The Balaban J connectivity index is 1.51. The monoisotopic (exact) mass is 455 g/mol. The molecule has 0 spiro atoms. The van der Waals surface area contributed by atoms with Crippen LogP contribution in [0, 0.1) is 0 Å². The number of ether oxygens (including phenoxy) is 1. The predicted octanol–water partition coefficient (Wildman–Crippen LogP) is 2.95. The van der Waals surface area contributed by atoms with Crippen molar-refractivity contribution in [2.24, 2.45) is 0 Å². The van der Waals surface area contributed by atoms with E-state index in [9.17, 15) is 9.59 Å². The number of anilines is 1. The molecule has 0 saturated heterocycles. The van der Waals surface area contributed by atoms with Crippen LogP contribution >= 0.6 is 11.6 Å². The number of hydrogen-bond donors (Lipinski definition) is 2. The summed E-state index contributed by atoms with van der Waals surface area (Å²) in [7, 11) is 1.76. The Bertz CT molecular complexity index is 1080. The average Bonchev–Trinajstić information content (AvgIpc) is 3.12.